The van der Waals surface area contributed by atoms with E-state index in [0.717, 1.165) is 6.07 Å². The number of alkyl halides is 3. The average molecular weight is 265 g/mol. The smallest absolute Gasteiger partial charge is 0.350 e. The van der Waals surface area contributed by atoms with Crippen molar-refractivity contribution >= 4 is 27.0 Å². The van der Waals surface area contributed by atoms with Crippen LogP contribution in [0, 0.1) is 0 Å². The van der Waals surface area contributed by atoms with Crippen molar-refractivity contribution in [1.29, 1.82) is 0 Å². The van der Waals surface area contributed by atoms with Crippen molar-refractivity contribution < 1.29 is 13.2 Å². The summed E-state index contributed by atoms with van der Waals surface area (Å²) in [5, 5.41) is 0. The number of nitrogens with one attached hydrogen (secondary N) is 1. The summed E-state index contributed by atoms with van der Waals surface area (Å²) in [5.74, 6) is 0. The van der Waals surface area contributed by atoms with Crippen LogP contribution in [-0.2, 0) is 6.18 Å². The van der Waals surface area contributed by atoms with Crippen molar-refractivity contribution in [3.8, 4) is 0 Å². The second-order valence-corrected chi connectivity index (χ2v) is 3.56. The zero-order valence-corrected chi connectivity index (χ0v) is 8.28. The van der Waals surface area contributed by atoms with Crippen LogP contribution in [0.4, 0.5) is 13.2 Å². The van der Waals surface area contributed by atoms with Crippen LogP contribution in [0.5, 0.6) is 0 Å². The van der Waals surface area contributed by atoms with Crippen molar-refractivity contribution in [1.82, 2.24) is 9.97 Å². The Balaban J connectivity index is 2.63. The van der Waals surface area contributed by atoms with Crippen LogP contribution in [0.15, 0.2) is 22.8 Å². The lowest BCUT2D eigenvalue weighted by Crippen LogP contribution is -2.04. The number of hydrogen-bond donors (Lipinski definition) is 1. The third-order valence-electron chi connectivity index (χ3n) is 1.75. The number of aromatic amines is 1. The molecule has 2 aromatic rings. The second-order valence-electron chi connectivity index (χ2n) is 2.75. The molecule has 0 radical (unpaired) electrons. The van der Waals surface area contributed by atoms with E-state index < -0.39 is 11.9 Å². The Morgan fingerprint density at radius 2 is 2.00 bits per heavy atom. The largest absolute Gasteiger partial charge is 0.431 e. The molecular formula is C8H4BrF3N2. The highest BCUT2D eigenvalue weighted by molar-refractivity contribution is 9.10. The number of rotatable bonds is 0. The maximum Gasteiger partial charge on any atom is 0.431 e. The van der Waals surface area contributed by atoms with Crippen molar-refractivity contribution in [2.24, 2.45) is 0 Å². The minimum absolute atomic E-state index is 0.298. The van der Waals surface area contributed by atoms with E-state index in [4.69, 9.17) is 0 Å². The minimum Gasteiger partial charge on any atom is -0.350 e. The zero-order chi connectivity index (χ0) is 10.3. The molecule has 2 rings (SSSR count). The summed E-state index contributed by atoms with van der Waals surface area (Å²) in [6.45, 7) is 0. The van der Waals surface area contributed by atoms with E-state index >= 15 is 0 Å². The molecule has 2 heterocycles. The van der Waals surface area contributed by atoms with Gasteiger partial charge in [-0.1, -0.05) is 0 Å². The maximum atomic E-state index is 12.3. The molecule has 0 fully saturated rings. The van der Waals surface area contributed by atoms with Crippen molar-refractivity contribution in [2.75, 3.05) is 0 Å². The number of H-pyrrole nitrogens is 1. The summed E-state index contributed by atoms with van der Waals surface area (Å²) < 4.78 is 37.3. The Morgan fingerprint density at radius 1 is 1.29 bits per heavy atom. The molecule has 0 saturated heterocycles. The van der Waals surface area contributed by atoms with Crippen LogP contribution in [-0.4, -0.2) is 9.97 Å². The molecule has 14 heavy (non-hydrogen) atoms. The number of aromatic nitrogens is 2. The molecule has 6 heteroatoms. The lowest BCUT2D eigenvalue weighted by Gasteiger charge is -2.00. The minimum atomic E-state index is -4.35. The van der Waals surface area contributed by atoms with E-state index in [0.29, 0.717) is 15.6 Å². The van der Waals surface area contributed by atoms with E-state index in [2.05, 4.69) is 25.9 Å². The highest BCUT2D eigenvalue weighted by Crippen LogP contribution is 2.30. The zero-order valence-electron chi connectivity index (χ0n) is 6.69. The van der Waals surface area contributed by atoms with Crippen LogP contribution in [0.1, 0.15) is 5.69 Å². The molecule has 2 nitrogen and oxygen atoms in total. The van der Waals surface area contributed by atoms with Gasteiger partial charge < -0.3 is 4.98 Å². The summed E-state index contributed by atoms with van der Waals surface area (Å²) in [5.41, 5.74) is -0.106. The number of nitrogens with zero attached hydrogens (tertiary/aromatic N) is 1. The van der Waals surface area contributed by atoms with E-state index in [1.54, 1.807) is 12.1 Å². The van der Waals surface area contributed by atoms with Gasteiger partial charge in [0.05, 0.1) is 11.0 Å². The van der Waals surface area contributed by atoms with Gasteiger partial charge in [-0.2, -0.15) is 13.2 Å². The van der Waals surface area contributed by atoms with Crippen molar-refractivity contribution in [3.63, 3.8) is 0 Å². The fourth-order valence-corrected chi connectivity index (χ4v) is 1.46. The van der Waals surface area contributed by atoms with Gasteiger partial charge in [0.2, 0.25) is 0 Å². The fraction of sp³-hybridized carbons (Fsp3) is 0.125. The lowest BCUT2D eigenvalue weighted by atomic mass is 10.4. The molecule has 0 aliphatic heterocycles. The topological polar surface area (TPSA) is 28.7 Å². The molecule has 0 amide bonds. The standard InChI is InChI=1S/C8H4BrF3N2/c9-7-2-1-4-5(14-7)3-6(13-4)8(10,11)12/h1-3,13H. The third-order valence-corrected chi connectivity index (χ3v) is 2.19. The van der Waals surface area contributed by atoms with Gasteiger partial charge in [-0.15, -0.1) is 0 Å². The van der Waals surface area contributed by atoms with E-state index in [9.17, 15) is 13.2 Å². The van der Waals surface area contributed by atoms with Crippen LogP contribution in [0.2, 0.25) is 0 Å². The molecule has 1 N–H and O–H groups in total. The van der Waals surface area contributed by atoms with E-state index in [1.165, 1.54) is 0 Å². The molecule has 0 aromatic carbocycles. The fourth-order valence-electron chi connectivity index (χ4n) is 1.14. The van der Waals surface area contributed by atoms with Crippen LogP contribution >= 0.6 is 15.9 Å². The van der Waals surface area contributed by atoms with Crippen LogP contribution in [0.3, 0.4) is 0 Å². The highest BCUT2D eigenvalue weighted by Gasteiger charge is 2.32. The van der Waals surface area contributed by atoms with Crippen LogP contribution in [0.25, 0.3) is 11.0 Å². The van der Waals surface area contributed by atoms with Gasteiger partial charge in [0, 0.05) is 0 Å². The van der Waals surface area contributed by atoms with Crippen LogP contribution < -0.4 is 0 Å². The van der Waals surface area contributed by atoms with E-state index in [-0.39, 0.29) is 0 Å². The summed E-state index contributed by atoms with van der Waals surface area (Å²) in [6.07, 6.45) is -4.35. The Kier molecular flexibility index (Phi) is 2.02. The molecule has 0 unspecified atom stereocenters. The van der Waals surface area contributed by atoms with Gasteiger partial charge in [0.25, 0.3) is 0 Å². The lowest BCUT2D eigenvalue weighted by molar-refractivity contribution is -0.140. The molecule has 0 spiro atoms. The molecule has 0 aliphatic carbocycles. The van der Waals surface area contributed by atoms with Gasteiger partial charge in [-0.25, -0.2) is 4.98 Å². The summed E-state index contributed by atoms with van der Waals surface area (Å²) in [6, 6.07) is 4.11. The number of halogens is 4. The second kappa shape index (κ2) is 2.98. The molecule has 0 bridgehead atoms. The first-order valence-corrected chi connectivity index (χ1v) is 4.48. The first-order valence-electron chi connectivity index (χ1n) is 3.69. The van der Waals surface area contributed by atoms with Gasteiger partial charge in [-0.05, 0) is 34.1 Å². The van der Waals surface area contributed by atoms with Gasteiger partial charge in [0.1, 0.15) is 10.3 Å². The van der Waals surface area contributed by atoms with E-state index in [1.807, 2.05) is 0 Å². The quantitative estimate of drug-likeness (QED) is 0.727. The van der Waals surface area contributed by atoms with Gasteiger partial charge in [-0.3, -0.25) is 0 Å². The number of pyridine rings is 1. The summed E-state index contributed by atoms with van der Waals surface area (Å²) in [7, 11) is 0. The Morgan fingerprint density at radius 3 is 2.64 bits per heavy atom. The summed E-state index contributed by atoms with van der Waals surface area (Å²) in [4.78, 5) is 6.15. The highest BCUT2D eigenvalue weighted by atomic mass is 79.9. The monoisotopic (exact) mass is 264 g/mol. The predicted octanol–water partition coefficient (Wildman–Crippen LogP) is 3.34. The Labute approximate surface area is 85.3 Å². The normalized spacial score (nSPS) is 12.3. The number of fused-ring (bicyclic) bond motifs is 1. The third kappa shape index (κ3) is 1.61. The molecule has 74 valence electrons. The predicted molar refractivity (Wildman–Crippen MR) is 48.8 cm³/mol. The first-order chi connectivity index (χ1) is 6.47. The van der Waals surface area contributed by atoms with Gasteiger partial charge >= 0.3 is 6.18 Å². The summed E-state index contributed by atoms with van der Waals surface area (Å²) >= 11 is 3.09. The molecular weight excluding hydrogens is 261 g/mol. The van der Waals surface area contributed by atoms with Crippen molar-refractivity contribution in [3.05, 3.63) is 28.5 Å². The molecule has 0 saturated carbocycles. The average Bonchev–Trinajstić information content (AvgIpc) is 2.45. The molecule has 0 atom stereocenters. The Hall–Kier alpha value is -1.04. The maximum absolute atomic E-state index is 12.3. The first kappa shape index (κ1) is 9.51. The van der Waals surface area contributed by atoms with Gasteiger partial charge in [0.15, 0.2) is 0 Å². The molecule has 0 aliphatic rings. The Bertz CT molecular complexity index is 475. The van der Waals surface area contributed by atoms with Crippen molar-refractivity contribution in [2.45, 2.75) is 6.18 Å². The number of hydrogen-bond acceptors (Lipinski definition) is 1. The SMILES string of the molecule is FC(F)(F)c1cc2nc(Br)ccc2[nH]1. The molecule has 2 aromatic heterocycles.